The van der Waals surface area contributed by atoms with Crippen molar-refractivity contribution in [2.75, 3.05) is 0 Å². The van der Waals surface area contributed by atoms with Gasteiger partial charge < -0.3 is 9.73 Å². The Bertz CT molecular complexity index is 701. The molecule has 3 aromatic rings. The average molecular weight is 297 g/mol. The summed E-state index contributed by atoms with van der Waals surface area (Å²) in [5, 5.41) is 4.85. The molecule has 3 rings (SSSR count). The minimum atomic E-state index is 0.00936. The van der Waals surface area contributed by atoms with Crippen LogP contribution in [-0.2, 0) is 17.8 Å². The van der Waals surface area contributed by atoms with E-state index >= 15 is 0 Å². The molecule has 2 aromatic heterocycles. The van der Waals surface area contributed by atoms with Crippen molar-refractivity contribution in [2.24, 2.45) is 0 Å². The summed E-state index contributed by atoms with van der Waals surface area (Å²) in [6.07, 6.45) is 0.421. The molecule has 0 unspecified atom stereocenters. The summed E-state index contributed by atoms with van der Waals surface area (Å²) in [5.74, 6) is 1.58. The van der Waals surface area contributed by atoms with Crippen LogP contribution < -0.4 is 5.32 Å². The maximum absolute atomic E-state index is 11.8. The number of carbonyl (C=O) groups excluding carboxylic acids is 1. The van der Waals surface area contributed by atoms with Crippen LogP contribution in [0.1, 0.15) is 10.6 Å². The van der Waals surface area contributed by atoms with E-state index in [9.17, 15) is 4.79 Å². The van der Waals surface area contributed by atoms with Gasteiger partial charge in [-0.2, -0.15) is 0 Å². The number of carbonyl (C=O) groups is 1. The van der Waals surface area contributed by atoms with E-state index in [0.717, 1.165) is 22.0 Å². The molecule has 0 fully saturated rings. The summed E-state index contributed by atoms with van der Waals surface area (Å²) in [6, 6.07) is 17.6. The Hall–Kier alpha value is -2.33. The molecule has 0 aliphatic heterocycles. The monoisotopic (exact) mass is 297 g/mol. The van der Waals surface area contributed by atoms with E-state index in [0.29, 0.717) is 13.0 Å². The van der Waals surface area contributed by atoms with E-state index in [2.05, 4.69) is 5.32 Å². The van der Waals surface area contributed by atoms with Crippen LogP contribution in [0, 0.1) is 0 Å². The number of benzene rings is 1. The summed E-state index contributed by atoms with van der Waals surface area (Å²) in [5.41, 5.74) is 1.04. The minimum absolute atomic E-state index is 0.00936. The van der Waals surface area contributed by atoms with Gasteiger partial charge in [-0.3, -0.25) is 4.79 Å². The molecule has 21 heavy (non-hydrogen) atoms. The highest BCUT2D eigenvalue weighted by atomic mass is 32.1. The van der Waals surface area contributed by atoms with Crippen LogP contribution in [0.3, 0.4) is 0 Å². The molecule has 3 nitrogen and oxygen atoms in total. The topological polar surface area (TPSA) is 42.2 Å². The van der Waals surface area contributed by atoms with Gasteiger partial charge in [0.15, 0.2) is 0 Å². The number of hydrogen-bond donors (Lipinski definition) is 1. The Labute approximate surface area is 127 Å². The van der Waals surface area contributed by atoms with Gasteiger partial charge in [0, 0.05) is 10.4 Å². The van der Waals surface area contributed by atoms with Crippen molar-refractivity contribution in [3.63, 3.8) is 0 Å². The molecule has 1 aromatic carbocycles. The quantitative estimate of drug-likeness (QED) is 0.777. The van der Waals surface area contributed by atoms with Crippen molar-refractivity contribution >= 4 is 17.2 Å². The smallest absolute Gasteiger partial charge is 0.225 e. The summed E-state index contributed by atoms with van der Waals surface area (Å²) < 4.78 is 5.74. The van der Waals surface area contributed by atoms with Gasteiger partial charge >= 0.3 is 0 Å². The molecular weight excluding hydrogens is 282 g/mol. The lowest BCUT2D eigenvalue weighted by Gasteiger charge is -2.02. The number of nitrogens with one attached hydrogen (secondary N) is 1. The third kappa shape index (κ3) is 3.61. The predicted molar refractivity (Wildman–Crippen MR) is 84.0 cm³/mol. The van der Waals surface area contributed by atoms with Crippen LogP contribution in [0.15, 0.2) is 64.4 Å². The Kier molecular flexibility index (Phi) is 4.17. The van der Waals surface area contributed by atoms with Crippen molar-refractivity contribution in [2.45, 2.75) is 13.0 Å². The van der Waals surface area contributed by atoms with Crippen LogP contribution in [0.25, 0.3) is 11.3 Å². The second kappa shape index (κ2) is 6.41. The van der Waals surface area contributed by atoms with Crippen LogP contribution in [0.5, 0.6) is 0 Å². The minimum Gasteiger partial charge on any atom is -0.459 e. The van der Waals surface area contributed by atoms with Gasteiger partial charge in [-0.1, -0.05) is 36.4 Å². The summed E-state index contributed by atoms with van der Waals surface area (Å²) >= 11 is 1.59. The fourth-order valence-corrected chi connectivity index (χ4v) is 2.75. The second-order valence-corrected chi connectivity index (χ2v) is 5.70. The van der Waals surface area contributed by atoms with E-state index in [1.807, 2.05) is 60.0 Å². The Morgan fingerprint density at radius 3 is 2.67 bits per heavy atom. The first-order valence-corrected chi connectivity index (χ1v) is 7.62. The second-order valence-electron chi connectivity index (χ2n) is 4.66. The lowest BCUT2D eigenvalue weighted by Crippen LogP contribution is -2.23. The highest BCUT2D eigenvalue weighted by molar-refractivity contribution is 7.10. The molecule has 0 bridgehead atoms. The molecule has 0 saturated carbocycles. The normalized spacial score (nSPS) is 10.5. The molecule has 1 N–H and O–H groups in total. The predicted octanol–water partition coefficient (Wildman–Crippen LogP) is 3.87. The molecule has 0 radical (unpaired) electrons. The molecule has 0 saturated heterocycles. The first-order chi connectivity index (χ1) is 10.3. The molecule has 0 spiro atoms. The number of furan rings is 1. The zero-order chi connectivity index (χ0) is 14.5. The first-order valence-electron chi connectivity index (χ1n) is 6.74. The standard InChI is InChI=1S/C17H15NO2S/c19-17(11-15-7-4-10-21-15)18-12-14-8-9-16(20-14)13-5-2-1-3-6-13/h1-10H,11-12H2,(H,18,19). The fourth-order valence-electron chi connectivity index (χ4n) is 2.05. The summed E-state index contributed by atoms with van der Waals surface area (Å²) in [7, 11) is 0. The summed E-state index contributed by atoms with van der Waals surface area (Å²) in [4.78, 5) is 12.9. The average Bonchev–Trinajstić information content (AvgIpc) is 3.17. The highest BCUT2D eigenvalue weighted by Gasteiger charge is 2.07. The van der Waals surface area contributed by atoms with Crippen molar-refractivity contribution < 1.29 is 9.21 Å². The summed E-state index contributed by atoms with van der Waals surface area (Å²) in [6.45, 7) is 0.414. The lowest BCUT2D eigenvalue weighted by atomic mass is 10.2. The molecule has 2 heterocycles. The highest BCUT2D eigenvalue weighted by Crippen LogP contribution is 2.21. The zero-order valence-electron chi connectivity index (χ0n) is 11.4. The molecular formula is C17H15NO2S. The third-order valence-electron chi connectivity index (χ3n) is 3.09. The maximum Gasteiger partial charge on any atom is 0.225 e. The number of amides is 1. The number of rotatable bonds is 5. The Morgan fingerprint density at radius 1 is 1.05 bits per heavy atom. The van der Waals surface area contributed by atoms with Gasteiger partial charge in [0.25, 0.3) is 0 Å². The fraction of sp³-hybridized carbons (Fsp3) is 0.118. The van der Waals surface area contributed by atoms with Crippen molar-refractivity contribution in [1.29, 1.82) is 0 Å². The Balaban J connectivity index is 1.56. The van der Waals surface area contributed by atoms with E-state index < -0.39 is 0 Å². The molecule has 0 atom stereocenters. The van der Waals surface area contributed by atoms with Crippen LogP contribution in [-0.4, -0.2) is 5.91 Å². The van der Waals surface area contributed by atoms with E-state index in [-0.39, 0.29) is 5.91 Å². The third-order valence-corrected chi connectivity index (χ3v) is 3.97. The van der Waals surface area contributed by atoms with Gasteiger partial charge in [0.1, 0.15) is 11.5 Å². The maximum atomic E-state index is 11.8. The van der Waals surface area contributed by atoms with Gasteiger partial charge in [0.05, 0.1) is 13.0 Å². The Morgan fingerprint density at radius 2 is 1.90 bits per heavy atom. The number of hydrogen-bond acceptors (Lipinski definition) is 3. The van der Waals surface area contributed by atoms with Gasteiger partial charge in [-0.25, -0.2) is 0 Å². The molecule has 0 aliphatic carbocycles. The van der Waals surface area contributed by atoms with Gasteiger partial charge in [-0.05, 0) is 23.6 Å². The molecule has 1 amide bonds. The van der Waals surface area contributed by atoms with E-state index in [4.69, 9.17) is 4.42 Å². The van der Waals surface area contributed by atoms with Crippen LogP contribution in [0.2, 0.25) is 0 Å². The van der Waals surface area contributed by atoms with Gasteiger partial charge in [-0.15, -0.1) is 11.3 Å². The van der Waals surface area contributed by atoms with E-state index in [1.165, 1.54) is 0 Å². The van der Waals surface area contributed by atoms with Crippen molar-refractivity contribution in [3.05, 3.63) is 70.6 Å². The van der Waals surface area contributed by atoms with Crippen LogP contribution in [0.4, 0.5) is 0 Å². The lowest BCUT2D eigenvalue weighted by molar-refractivity contribution is -0.120. The molecule has 106 valence electrons. The number of thiophene rings is 1. The molecule has 0 aliphatic rings. The van der Waals surface area contributed by atoms with Gasteiger partial charge in [0.2, 0.25) is 5.91 Å². The van der Waals surface area contributed by atoms with Crippen molar-refractivity contribution in [1.82, 2.24) is 5.32 Å². The van der Waals surface area contributed by atoms with Crippen molar-refractivity contribution in [3.8, 4) is 11.3 Å². The largest absolute Gasteiger partial charge is 0.459 e. The first kappa shape index (κ1) is 13.6. The molecule has 4 heteroatoms. The zero-order valence-corrected chi connectivity index (χ0v) is 12.2. The SMILES string of the molecule is O=C(Cc1cccs1)NCc1ccc(-c2ccccc2)o1. The van der Waals surface area contributed by atoms with E-state index in [1.54, 1.807) is 11.3 Å². The van der Waals surface area contributed by atoms with Crippen LogP contribution >= 0.6 is 11.3 Å².